The lowest BCUT2D eigenvalue weighted by Gasteiger charge is -2.08. The highest BCUT2D eigenvalue weighted by Crippen LogP contribution is 2.15. The molecule has 1 aliphatic heterocycles. The number of pyridine rings is 1. The van der Waals surface area contributed by atoms with E-state index in [1.54, 1.807) is 6.20 Å². The van der Waals surface area contributed by atoms with E-state index in [0.717, 1.165) is 25.9 Å². The summed E-state index contributed by atoms with van der Waals surface area (Å²) in [5.41, 5.74) is 0.584. The monoisotopic (exact) mass is 261 g/mol. The van der Waals surface area contributed by atoms with Gasteiger partial charge in [-0.1, -0.05) is 0 Å². The molecule has 0 saturated carbocycles. The Morgan fingerprint density at radius 1 is 1.53 bits per heavy atom. The number of aromatic nitrogens is 2. The van der Waals surface area contributed by atoms with Gasteiger partial charge in [-0.15, -0.1) is 0 Å². The van der Waals surface area contributed by atoms with E-state index in [9.17, 15) is 9.18 Å². The van der Waals surface area contributed by atoms with Crippen LogP contribution in [0.4, 0.5) is 4.39 Å². The summed E-state index contributed by atoms with van der Waals surface area (Å²) in [4.78, 5) is 16.2. The minimum Gasteiger partial charge on any atom is -0.316 e. The summed E-state index contributed by atoms with van der Waals surface area (Å²) in [7, 11) is 0. The fourth-order valence-corrected chi connectivity index (χ4v) is 2.58. The van der Waals surface area contributed by atoms with Crippen LogP contribution < -0.4 is 10.9 Å². The van der Waals surface area contributed by atoms with E-state index < -0.39 is 5.82 Å². The molecular formula is C14H16FN3O. The highest BCUT2D eigenvalue weighted by molar-refractivity contribution is 5.40. The average Bonchev–Trinajstić information content (AvgIpc) is 2.91. The lowest BCUT2D eigenvalue weighted by atomic mass is 10.0. The summed E-state index contributed by atoms with van der Waals surface area (Å²) in [5.74, 6) is 0.185. The summed E-state index contributed by atoms with van der Waals surface area (Å²) in [6.07, 6.45) is 4.43. The van der Waals surface area contributed by atoms with Crippen LogP contribution in [0, 0.1) is 11.7 Å². The summed E-state index contributed by atoms with van der Waals surface area (Å²) < 4.78 is 14.9. The van der Waals surface area contributed by atoms with Crippen LogP contribution in [0.3, 0.4) is 0 Å². The van der Waals surface area contributed by atoms with Gasteiger partial charge in [0.05, 0.1) is 0 Å². The Labute approximate surface area is 110 Å². The van der Waals surface area contributed by atoms with Crippen molar-refractivity contribution in [2.75, 3.05) is 13.1 Å². The second kappa shape index (κ2) is 5.09. The predicted molar refractivity (Wildman–Crippen MR) is 70.7 cm³/mol. The Kier molecular flexibility index (Phi) is 3.29. The van der Waals surface area contributed by atoms with E-state index in [2.05, 4.69) is 10.3 Å². The fraction of sp³-hybridized carbons (Fsp3) is 0.429. The van der Waals surface area contributed by atoms with Crippen LogP contribution in [0.5, 0.6) is 0 Å². The molecule has 0 radical (unpaired) electrons. The molecular weight excluding hydrogens is 245 g/mol. The van der Waals surface area contributed by atoms with Gasteiger partial charge in [0.2, 0.25) is 0 Å². The molecule has 4 nitrogen and oxygen atoms in total. The normalized spacial score (nSPS) is 19.1. The Balaban J connectivity index is 1.87. The molecule has 0 amide bonds. The number of fused-ring (bicyclic) bond motifs is 1. The van der Waals surface area contributed by atoms with Gasteiger partial charge in [0.15, 0.2) is 11.5 Å². The Bertz CT molecular complexity index is 647. The molecule has 0 spiro atoms. The molecule has 2 aromatic heterocycles. The number of halogens is 1. The van der Waals surface area contributed by atoms with Gasteiger partial charge in [0.1, 0.15) is 0 Å². The van der Waals surface area contributed by atoms with E-state index in [-0.39, 0.29) is 11.2 Å². The zero-order chi connectivity index (χ0) is 13.2. The number of aryl methyl sites for hydroxylation is 1. The van der Waals surface area contributed by atoms with Gasteiger partial charge < -0.3 is 5.32 Å². The Hall–Kier alpha value is -1.75. The molecule has 1 N–H and O–H groups in total. The zero-order valence-corrected chi connectivity index (χ0v) is 10.6. The molecule has 1 unspecified atom stereocenters. The molecule has 0 aliphatic carbocycles. The van der Waals surface area contributed by atoms with Crippen molar-refractivity contribution in [2.45, 2.75) is 19.3 Å². The SMILES string of the molecule is O=c1cc(CCC2CCNC2)nc2c(F)cccn12. The number of nitrogens with zero attached hydrogens (tertiary/aromatic N) is 2. The van der Waals surface area contributed by atoms with Gasteiger partial charge in [-0.3, -0.25) is 9.20 Å². The predicted octanol–water partition coefficient (Wildman–Crippen LogP) is 1.38. The molecule has 0 aromatic carbocycles. The lowest BCUT2D eigenvalue weighted by Crippen LogP contribution is -2.17. The lowest BCUT2D eigenvalue weighted by molar-refractivity contribution is 0.528. The third-order valence-electron chi connectivity index (χ3n) is 3.67. The maximum atomic E-state index is 13.7. The second-order valence-electron chi connectivity index (χ2n) is 5.03. The molecule has 1 atom stereocenters. The molecule has 100 valence electrons. The van der Waals surface area contributed by atoms with Crippen molar-refractivity contribution in [3.63, 3.8) is 0 Å². The van der Waals surface area contributed by atoms with Crippen molar-refractivity contribution in [1.29, 1.82) is 0 Å². The van der Waals surface area contributed by atoms with Crippen molar-refractivity contribution in [2.24, 2.45) is 5.92 Å². The van der Waals surface area contributed by atoms with Crippen LogP contribution in [0.2, 0.25) is 0 Å². The van der Waals surface area contributed by atoms with Crippen molar-refractivity contribution in [1.82, 2.24) is 14.7 Å². The number of hydrogen-bond donors (Lipinski definition) is 1. The topological polar surface area (TPSA) is 46.4 Å². The maximum Gasteiger partial charge on any atom is 0.258 e. The van der Waals surface area contributed by atoms with Crippen LogP contribution >= 0.6 is 0 Å². The van der Waals surface area contributed by atoms with Crippen LogP contribution in [-0.4, -0.2) is 22.5 Å². The molecule has 5 heteroatoms. The highest BCUT2D eigenvalue weighted by atomic mass is 19.1. The molecule has 0 bridgehead atoms. The molecule has 3 heterocycles. The first kappa shape index (κ1) is 12.3. The summed E-state index contributed by atoms with van der Waals surface area (Å²) in [5, 5.41) is 3.31. The Morgan fingerprint density at radius 2 is 2.42 bits per heavy atom. The van der Waals surface area contributed by atoms with Gasteiger partial charge in [-0.2, -0.15) is 0 Å². The number of nitrogens with one attached hydrogen (secondary N) is 1. The molecule has 3 rings (SSSR count). The van der Waals surface area contributed by atoms with E-state index in [1.165, 1.54) is 29.0 Å². The van der Waals surface area contributed by atoms with Crippen molar-refractivity contribution < 1.29 is 4.39 Å². The summed E-state index contributed by atoms with van der Waals surface area (Å²) in [6, 6.07) is 4.34. The van der Waals surface area contributed by atoms with E-state index in [0.29, 0.717) is 11.6 Å². The van der Waals surface area contributed by atoms with E-state index in [1.807, 2.05) is 0 Å². The quantitative estimate of drug-likeness (QED) is 0.908. The van der Waals surface area contributed by atoms with Gasteiger partial charge in [-0.05, 0) is 50.4 Å². The van der Waals surface area contributed by atoms with E-state index in [4.69, 9.17) is 0 Å². The molecule has 1 aliphatic rings. The second-order valence-corrected chi connectivity index (χ2v) is 5.03. The molecule has 19 heavy (non-hydrogen) atoms. The summed E-state index contributed by atoms with van der Waals surface area (Å²) in [6.45, 7) is 2.09. The molecule has 1 fully saturated rings. The maximum absolute atomic E-state index is 13.7. The first-order valence-corrected chi connectivity index (χ1v) is 6.61. The van der Waals surface area contributed by atoms with E-state index >= 15 is 0 Å². The third kappa shape index (κ3) is 2.51. The van der Waals surface area contributed by atoms with Crippen LogP contribution in [0.1, 0.15) is 18.5 Å². The van der Waals surface area contributed by atoms with Crippen molar-refractivity contribution in [3.05, 3.63) is 46.3 Å². The number of hydrogen-bond acceptors (Lipinski definition) is 3. The van der Waals surface area contributed by atoms with Crippen molar-refractivity contribution >= 4 is 5.65 Å². The fourth-order valence-electron chi connectivity index (χ4n) is 2.58. The van der Waals surface area contributed by atoms with Gasteiger partial charge >= 0.3 is 0 Å². The smallest absolute Gasteiger partial charge is 0.258 e. The highest BCUT2D eigenvalue weighted by Gasteiger charge is 2.15. The Morgan fingerprint density at radius 3 is 3.21 bits per heavy atom. The minimum atomic E-state index is -0.455. The van der Waals surface area contributed by atoms with Crippen molar-refractivity contribution in [3.8, 4) is 0 Å². The zero-order valence-electron chi connectivity index (χ0n) is 10.6. The van der Waals surface area contributed by atoms with Gasteiger partial charge in [0, 0.05) is 18.0 Å². The minimum absolute atomic E-state index is 0.120. The number of rotatable bonds is 3. The van der Waals surface area contributed by atoms with Crippen LogP contribution in [0.25, 0.3) is 5.65 Å². The largest absolute Gasteiger partial charge is 0.316 e. The average molecular weight is 261 g/mol. The third-order valence-corrected chi connectivity index (χ3v) is 3.67. The van der Waals surface area contributed by atoms with Gasteiger partial charge in [-0.25, -0.2) is 9.37 Å². The molecule has 2 aromatic rings. The van der Waals surface area contributed by atoms with Crippen LogP contribution in [-0.2, 0) is 6.42 Å². The molecule has 1 saturated heterocycles. The standard InChI is InChI=1S/C14H16FN3O/c15-12-2-1-7-18-13(19)8-11(17-14(12)18)4-3-10-5-6-16-9-10/h1-2,7-8,10,16H,3-6,9H2. The first-order valence-electron chi connectivity index (χ1n) is 6.61. The van der Waals surface area contributed by atoms with Crippen LogP contribution in [0.15, 0.2) is 29.2 Å². The van der Waals surface area contributed by atoms with Gasteiger partial charge in [0.25, 0.3) is 5.56 Å². The first-order chi connectivity index (χ1) is 9.24. The summed E-state index contributed by atoms with van der Waals surface area (Å²) >= 11 is 0.